The van der Waals surface area contributed by atoms with Gasteiger partial charge in [-0.25, -0.2) is 15.0 Å². The number of aromatic nitrogens is 6. The fraction of sp³-hybridized carbons (Fsp3) is 0.529. The van der Waals surface area contributed by atoms with Crippen molar-refractivity contribution in [1.29, 1.82) is 0 Å². The molecule has 0 radical (unpaired) electrons. The van der Waals surface area contributed by atoms with E-state index < -0.39 is 0 Å². The fourth-order valence-corrected chi connectivity index (χ4v) is 10.8. The predicted octanol–water partition coefficient (Wildman–Crippen LogP) is 26.5. The molecule has 0 atom stereocenters. The number of hydrogen-bond donors (Lipinski definition) is 0. The number of allylic oxidation sites excluding steroid dienone is 6. The second-order valence-corrected chi connectivity index (χ2v) is 42.2. The highest BCUT2D eigenvalue weighted by atomic mass is 32.1. The molecule has 15 nitrogen and oxygen atoms in total. The number of aryl methyl sites for hydroxylation is 3. The average molecular weight is 1630 g/mol. The van der Waals surface area contributed by atoms with E-state index in [9.17, 15) is 19.2 Å². The molecule has 0 saturated heterocycles. The Hall–Kier alpha value is -9.02. The van der Waals surface area contributed by atoms with Gasteiger partial charge in [0.2, 0.25) is 0 Å². The molecule has 1 aromatic carbocycles. The summed E-state index contributed by atoms with van der Waals surface area (Å²) in [6.45, 7) is 84.1. The van der Waals surface area contributed by atoms with Crippen molar-refractivity contribution in [3.8, 4) is 0 Å². The van der Waals surface area contributed by atoms with Crippen LogP contribution in [-0.4, -0.2) is 96.6 Å². The lowest BCUT2D eigenvalue weighted by molar-refractivity contribution is -0.114. The molecule has 0 saturated carbocycles. The zero-order chi connectivity index (χ0) is 91.0. The minimum absolute atomic E-state index is 0.0195. The number of hydrogen-bond acceptors (Lipinski definition) is 16. The van der Waals surface area contributed by atoms with E-state index >= 15 is 0 Å². The minimum atomic E-state index is -0.131. The molecule has 3 aliphatic heterocycles. The summed E-state index contributed by atoms with van der Waals surface area (Å²) >= 11 is 1.55. The molecule has 0 N–H and O–H groups in total. The molecule has 7 aromatic rings. The molecule has 16 heteroatoms. The largest absolute Gasteiger partial charge is 0.448 e. The lowest BCUT2D eigenvalue weighted by atomic mass is 9.83. The van der Waals surface area contributed by atoms with Gasteiger partial charge in [0.1, 0.15) is 29.2 Å². The number of nitrogens with zero attached hydrogens (tertiary/aromatic N) is 10. The van der Waals surface area contributed by atoms with E-state index in [2.05, 4.69) is 344 Å². The summed E-state index contributed by atoms with van der Waals surface area (Å²) in [7, 11) is 0. The molecule has 0 spiro atoms. The van der Waals surface area contributed by atoms with E-state index in [1.165, 1.54) is 59.2 Å². The molecular formula is C102H152N10O5S. The van der Waals surface area contributed by atoms with Crippen LogP contribution in [-0.2, 0) is 42.7 Å². The highest BCUT2D eigenvalue weighted by Crippen LogP contribution is 2.31. The zero-order valence-corrected chi connectivity index (χ0v) is 81.2. The molecular weight excluding hydrogens is 1480 g/mol. The quantitative estimate of drug-likeness (QED) is 0.152. The number of carbonyl (C=O) groups is 4. The molecule has 0 amide bonds. The van der Waals surface area contributed by atoms with E-state index in [-0.39, 0.29) is 71.9 Å². The van der Waals surface area contributed by atoms with Gasteiger partial charge in [-0.05, 0) is 140 Å². The highest BCUT2D eigenvalue weighted by Gasteiger charge is 2.25. The van der Waals surface area contributed by atoms with Crippen LogP contribution in [0.5, 0.6) is 0 Å². The molecule has 646 valence electrons. The number of oxazole rings is 1. The van der Waals surface area contributed by atoms with Crippen LogP contribution in [0, 0.1) is 42.4 Å². The van der Waals surface area contributed by atoms with E-state index in [4.69, 9.17) is 4.42 Å². The number of carbonyl (C=O) groups excluding carboxylic acids is 4. The van der Waals surface area contributed by atoms with E-state index in [0.29, 0.717) is 40.2 Å². The average Bonchev–Trinajstić information content (AvgIpc) is 1.45. The number of benzene rings is 1. The van der Waals surface area contributed by atoms with Gasteiger partial charge in [-0.2, -0.15) is 0 Å². The first-order chi connectivity index (χ1) is 53.6. The monoisotopic (exact) mass is 1630 g/mol. The Morgan fingerprint density at radius 2 is 0.992 bits per heavy atom. The van der Waals surface area contributed by atoms with Crippen molar-refractivity contribution < 1.29 is 23.6 Å². The van der Waals surface area contributed by atoms with Crippen molar-refractivity contribution in [2.45, 2.75) is 314 Å². The Morgan fingerprint density at radius 3 is 1.31 bits per heavy atom. The Labute approximate surface area is 719 Å². The van der Waals surface area contributed by atoms with Gasteiger partial charge in [0, 0.05) is 120 Å². The maximum atomic E-state index is 11.1. The molecule has 9 heterocycles. The summed E-state index contributed by atoms with van der Waals surface area (Å²) in [6, 6.07) is 24.9. The smallest absolute Gasteiger partial charge is 0.200 e. The first-order valence-electron chi connectivity index (χ1n) is 41.3. The Bertz CT molecular complexity index is 4320. The number of rotatable bonds is 3. The van der Waals surface area contributed by atoms with Crippen LogP contribution in [0.4, 0.5) is 0 Å². The Kier molecular flexibility index (Phi) is 42.2. The molecule has 118 heavy (non-hydrogen) atoms. The van der Waals surface area contributed by atoms with Crippen LogP contribution < -0.4 is 0 Å². The van der Waals surface area contributed by atoms with Crippen LogP contribution in [0.1, 0.15) is 343 Å². The topological polar surface area (TPSA) is 208 Å². The van der Waals surface area contributed by atoms with Crippen molar-refractivity contribution in [3.05, 3.63) is 236 Å². The number of thiazole rings is 1. The lowest BCUT2D eigenvalue weighted by Crippen LogP contribution is -2.16. The van der Waals surface area contributed by atoms with Crippen molar-refractivity contribution in [2.24, 2.45) is 41.6 Å². The number of ketones is 4. The predicted molar refractivity (Wildman–Crippen MR) is 505 cm³/mol. The third-order valence-electron chi connectivity index (χ3n) is 17.8. The van der Waals surface area contributed by atoms with E-state index in [0.717, 1.165) is 53.0 Å². The second kappa shape index (κ2) is 46.5. The fourth-order valence-electron chi connectivity index (χ4n) is 9.90. The second-order valence-electron chi connectivity index (χ2n) is 41.4. The molecule has 4 aliphatic rings. The third kappa shape index (κ3) is 43.6. The van der Waals surface area contributed by atoms with Gasteiger partial charge in [0.25, 0.3) is 0 Å². The first-order valence-corrected chi connectivity index (χ1v) is 42.2. The van der Waals surface area contributed by atoms with Gasteiger partial charge in [-0.15, -0.1) is 11.3 Å². The van der Waals surface area contributed by atoms with Crippen LogP contribution in [0.25, 0.3) is 0 Å². The number of pyridine rings is 4. The van der Waals surface area contributed by atoms with Gasteiger partial charge in [-0.1, -0.05) is 295 Å². The SMILES string of the molecule is CC(=O)c1cc(C(C)(C)C)ccn1.CC(=O)c1coc(C(C)(C)C)n1.CC(=O)c1csc(C(C)(C)C)n1.CC(C)(C)C1=CC(=O)CC=C1.CC(C)(C)C1=CCN=C1.CC(C)(C)C1=NCC=C1.CC(C)(C)C1=NCC=N1.CC(C)(C)c1ccccc1.Cc1ccc(C(C)(C)C)cn1.Cc1ccnc(C(C)(C)C)c1.Cc1cncc(C(C)(C)C)c1. The first kappa shape index (κ1) is 107. The van der Waals surface area contributed by atoms with Gasteiger partial charge in [0.15, 0.2) is 29.0 Å². The molecule has 0 fully saturated rings. The van der Waals surface area contributed by atoms with Crippen LogP contribution in [0.2, 0.25) is 0 Å². The highest BCUT2D eigenvalue weighted by molar-refractivity contribution is 7.10. The molecule has 6 aromatic heterocycles. The van der Waals surface area contributed by atoms with Crippen LogP contribution in [0.3, 0.4) is 0 Å². The van der Waals surface area contributed by atoms with Crippen molar-refractivity contribution >= 4 is 58.4 Å². The summed E-state index contributed by atoms with van der Waals surface area (Å²) in [5.74, 6) is 1.80. The van der Waals surface area contributed by atoms with E-state index in [1.807, 2.05) is 101 Å². The molecule has 1 aliphatic carbocycles. The normalized spacial score (nSPS) is 13.8. The summed E-state index contributed by atoms with van der Waals surface area (Å²) in [5, 5.41) is 2.84. The molecule has 0 bridgehead atoms. The summed E-state index contributed by atoms with van der Waals surface area (Å²) in [5.41, 5.74) is 16.8. The minimum Gasteiger partial charge on any atom is -0.448 e. The Balaban J connectivity index is 0.000000650. The van der Waals surface area contributed by atoms with Gasteiger partial charge < -0.3 is 4.42 Å². The lowest BCUT2D eigenvalue weighted by Gasteiger charge is -2.21. The summed E-state index contributed by atoms with van der Waals surface area (Å²) in [6.07, 6.45) is 27.2. The van der Waals surface area contributed by atoms with E-state index in [1.54, 1.807) is 30.5 Å². The number of amidine groups is 1. The van der Waals surface area contributed by atoms with Crippen LogP contribution in [0.15, 0.2) is 187 Å². The maximum Gasteiger partial charge on any atom is 0.200 e. The number of Topliss-reactive ketones (excluding diaryl/α,β-unsaturated/α-hetero) is 3. The maximum absolute atomic E-state index is 11.1. The molecule has 11 rings (SSSR count). The van der Waals surface area contributed by atoms with Crippen molar-refractivity contribution in [1.82, 2.24) is 29.9 Å². The van der Waals surface area contributed by atoms with Crippen molar-refractivity contribution in [2.75, 3.05) is 19.6 Å². The molecule has 0 unspecified atom stereocenters. The standard InChI is InChI=1S/C11H15NO.3C10H15N.C10H14O.C10H14.C9H13NO2.C9H13NOS.2C8H13N.C7H12N2/c1-8(13)10-7-9(5-6-12-10)11(2,3)4;1-8-5-9(7-11-6-8)10(2,3)4;1-8-5-6-9(7-11-8)10(2,3)4;1-8-5-6-11-9(7-8)10(2,3)4;1-10(2,3)8-5-4-6-9(11)7-8;1-10(2,3)9-7-5-4-6-8-9;2*1-6(11)7-5-12-8(10-7)9(2,3)4;1-8(2,3)7-4-5-9-6-7;1-8(2,3)7-5-4-6-9-7;1-7(2,3)6-8-4-5-9-6/h5-7H,1-4H3;3*5-7H,1-4H3;4-5,7H,6H2,1-3H3;4-8H,1-3H3;2*5H,1-4H3;4,6H,5H2,1-3H3;4-5H,6H2,1-3H3;4H,5H2,1-3H3. The summed E-state index contributed by atoms with van der Waals surface area (Å²) in [4.78, 5) is 85.6. The summed E-state index contributed by atoms with van der Waals surface area (Å²) < 4.78 is 5.16. The van der Waals surface area contributed by atoms with Gasteiger partial charge in [-0.3, -0.25) is 54.1 Å². The van der Waals surface area contributed by atoms with Gasteiger partial charge in [0.05, 0.1) is 24.6 Å². The Morgan fingerprint density at radius 1 is 0.432 bits per heavy atom. The third-order valence-corrected chi connectivity index (χ3v) is 19.0. The van der Waals surface area contributed by atoms with Gasteiger partial charge >= 0.3 is 0 Å². The zero-order valence-electron chi connectivity index (χ0n) is 80.3. The van der Waals surface area contributed by atoms with Crippen molar-refractivity contribution in [3.63, 3.8) is 0 Å². The van der Waals surface area contributed by atoms with Crippen LogP contribution >= 0.6 is 11.3 Å². The number of aliphatic imine (C=N–C) groups is 4.